The molecular formula is C22H22F3N3O. The molecule has 29 heavy (non-hydrogen) atoms. The lowest BCUT2D eigenvalue weighted by atomic mass is 9.97. The predicted octanol–water partition coefficient (Wildman–Crippen LogP) is 4.48. The number of hydrogen-bond donors (Lipinski definition) is 0. The fourth-order valence-corrected chi connectivity index (χ4v) is 3.83. The van der Waals surface area contributed by atoms with E-state index in [1.54, 1.807) is 19.0 Å². The molecule has 7 heteroatoms. The average Bonchev–Trinajstić information content (AvgIpc) is 2.96. The number of carbonyl (C=O) groups excluding carboxylic acids is 1. The second-order valence-electron chi connectivity index (χ2n) is 7.77. The molecule has 0 radical (unpaired) electrons. The molecule has 1 aliphatic rings. The predicted molar refractivity (Wildman–Crippen MR) is 107 cm³/mol. The van der Waals surface area contributed by atoms with Crippen molar-refractivity contribution in [3.63, 3.8) is 0 Å². The van der Waals surface area contributed by atoms with Gasteiger partial charge in [0.05, 0.1) is 17.0 Å². The minimum Gasteiger partial charge on any atom is -0.370 e. The second-order valence-corrected chi connectivity index (χ2v) is 7.77. The summed E-state index contributed by atoms with van der Waals surface area (Å²) in [7, 11) is 3.52. The summed E-state index contributed by atoms with van der Waals surface area (Å²) in [5, 5.41) is 0.589. The number of nitrogens with zero attached hydrogens (tertiary/aromatic N) is 3. The van der Waals surface area contributed by atoms with E-state index in [4.69, 9.17) is 0 Å². The van der Waals surface area contributed by atoms with E-state index >= 15 is 0 Å². The van der Waals surface area contributed by atoms with Crippen molar-refractivity contribution >= 4 is 22.5 Å². The van der Waals surface area contributed by atoms with Gasteiger partial charge in [0, 0.05) is 50.1 Å². The van der Waals surface area contributed by atoms with E-state index in [2.05, 4.69) is 4.90 Å². The lowest BCUT2D eigenvalue weighted by Crippen LogP contribution is -2.53. The van der Waals surface area contributed by atoms with Gasteiger partial charge in [-0.25, -0.2) is 0 Å². The van der Waals surface area contributed by atoms with Gasteiger partial charge in [0.15, 0.2) is 0 Å². The topological polar surface area (TPSA) is 28.5 Å². The van der Waals surface area contributed by atoms with Crippen LogP contribution in [0.3, 0.4) is 0 Å². The van der Waals surface area contributed by atoms with Crippen molar-refractivity contribution in [2.24, 2.45) is 5.92 Å². The zero-order chi connectivity index (χ0) is 20.9. The van der Waals surface area contributed by atoms with Gasteiger partial charge in [-0.3, -0.25) is 4.79 Å². The SMILES string of the molecule is Cc1cn(-c2cccc(N3CC(C(=O)N(C)C)C3)c2)c2ccc(C(F)(F)F)cc12. The number of carbonyl (C=O) groups is 1. The van der Waals surface area contributed by atoms with Gasteiger partial charge in [0.2, 0.25) is 5.91 Å². The first-order valence-corrected chi connectivity index (χ1v) is 9.40. The smallest absolute Gasteiger partial charge is 0.370 e. The Bertz CT molecular complexity index is 1080. The van der Waals surface area contributed by atoms with Crippen LogP contribution in [0.2, 0.25) is 0 Å². The molecule has 4 nitrogen and oxygen atoms in total. The summed E-state index contributed by atoms with van der Waals surface area (Å²) < 4.78 is 41.1. The van der Waals surface area contributed by atoms with E-state index in [9.17, 15) is 18.0 Å². The van der Waals surface area contributed by atoms with Gasteiger partial charge in [-0.2, -0.15) is 13.2 Å². The fraction of sp³-hybridized carbons (Fsp3) is 0.318. The molecule has 0 bridgehead atoms. The molecule has 0 spiro atoms. The van der Waals surface area contributed by atoms with Crippen LogP contribution in [0, 0.1) is 12.8 Å². The summed E-state index contributed by atoms with van der Waals surface area (Å²) in [4.78, 5) is 15.8. The van der Waals surface area contributed by atoms with Crippen molar-refractivity contribution in [2.45, 2.75) is 13.1 Å². The number of fused-ring (bicyclic) bond motifs is 1. The summed E-state index contributed by atoms with van der Waals surface area (Å²) >= 11 is 0. The molecule has 0 aliphatic carbocycles. The molecule has 152 valence electrons. The van der Waals surface area contributed by atoms with Gasteiger partial charge in [0.1, 0.15) is 0 Å². The van der Waals surface area contributed by atoms with Gasteiger partial charge in [0.25, 0.3) is 0 Å². The molecule has 0 atom stereocenters. The van der Waals surface area contributed by atoms with Crippen LogP contribution in [0.25, 0.3) is 16.6 Å². The number of aromatic nitrogens is 1. The van der Waals surface area contributed by atoms with E-state index in [0.29, 0.717) is 18.5 Å². The lowest BCUT2D eigenvalue weighted by molar-refractivity contribution is -0.137. The minimum absolute atomic E-state index is 0.00380. The number of benzene rings is 2. The lowest BCUT2D eigenvalue weighted by Gasteiger charge is -2.41. The molecule has 0 N–H and O–H groups in total. The number of rotatable bonds is 3. The molecule has 1 fully saturated rings. The average molecular weight is 401 g/mol. The van der Waals surface area contributed by atoms with Crippen molar-refractivity contribution in [3.8, 4) is 5.69 Å². The number of anilines is 1. The molecule has 1 aromatic heterocycles. The van der Waals surface area contributed by atoms with Crippen LogP contribution in [0.1, 0.15) is 11.1 Å². The molecule has 2 aromatic carbocycles. The third kappa shape index (κ3) is 3.45. The number of amides is 1. The Balaban J connectivity index is 1.64. The van der Waals surface area contributed by atoms with Crippen LogP contribution in [-0.4, -0.2) is 42.6 Å². The quantitative estimate of drug-likeness (QED) is 0.647. The van der Waals surface area contributed by atoms with Gasteiger partial charge in [-0.05, 0) is 48.9 Å². The maximum Gasteiger partial charge on any atom is 0.416 e. The van der Waals surface area contributed by atoms with Crippen LogP contribution < -0.4 is 4.90 Å². The first-order chi connectivity index (χ1) is 13.6. The van der Waals surface area contributed by atoms with Crippen LogP contribution in [0.5, 0.6) is 0 Å². The highest BCUT2D eigenvalue weighted by molar-refractivity contribution is 5.86. The van der Waals surface area contributed by atoms with Crippen molar-refractivity contribution in [3.05, 3.63) is 59.8 Å². The highest BCUT2D eigenvalue weighted by atomic mass is 19.4. The van der Waals surface area contributed by atoms with Crippen molar-refractivity contribution in [2.75, 3.05) is 32.1 Å². The Morgan fingerprint density at radius 3 is 2.41 bits per heavy atom. The van der Waals surface area contributed by atoms with Gasteiger partial charge in [-0.1, -0.05) is 6.07 Å². The van der Waals surface area contributed by atoms with E-state index in [1.807, 2.05) is 42.0 Å². The second kappa shape index (κ2) is 6.83. The number of alkyl halides is 3. The Morgan fingerprint density at radius 1 is 1.07 bits per heavy atom. The first kappa shape index (κ1) is 19.4. The highest BCUT2D eigenvalue weighted by Crippen LogP contribution is 2.34. The minimum atomic E-state index is -4.36. The number of halogens is 3. The van der Waals surface area contributed by atoms with Crippen LogP contribution in [-0.2, 0) is 11.0 Å². The summed E-state index contributed by atoms with van der Waals surface area (Å²) in [6.07, 6.45) is -2.50. The van der Waals surface area contributed by atoms with E-state index in [0.717, 1.165) is 28.5 Å². The first-order valence-electron chi connectivity index (χ1n) is 9.40. The Kier molecular flexibility index (Phi) is 4.56. The van der Waals surface area contributed by atoms with Gasteiger partial charge in [-0.15, -0.1) is 0 Å². The van der Waals surface area contributed by atoms with E-state index in [-0.39, 0.29) is 11.8 Å². The highest BCUT2D eigenvalue weighted by Gasteiger charge is 2.34. The Labute approximate surface area is 167 Å². The molecule has 0 saturated carbocycles. The summed E-state index contributed by atoms with van der Waals surface area (Å²) in [5.74, 6) is 0.133. The fourth-order valence-electron chi connectivity index (χ4n) is 3.83. The largest absolute Gasteiger partial charge is 0.416 e. The maximum atomic E-state index is 13.1. The molecule has 1 amide bonds. The molecule has 4 rings (SSSR count). The van der Waals surface area contributed by atoms with Crippen molar-refractivity contribution < 1.29 is 18.0 Å². The monoisotopic (exact) mass is 401 g/mol. The van der Waals surface area contributed by atoms with Gasteiger partial charge < -0.3 is 14.4 Å². The zero-order valence-electron chi connectivity index (χ0n) is 16.5. The summed E-state index contributed by atoms with van der Waals surface area (Å²) in [6.45, 7) is 3.15. The third-order valence-electron chi connectivity index (χ3n) is 5.48. The molecule has 1 aliphatic heterocycles. The molecular weight excluding hydrogens is 379 g/mol. The zero-order valence-corrected chi connectivity index (χ0v) is 16.5. The van der Waals surface area contributed by atoms with Crippen LogP contribution >= 0.6 is 0 Å². The van der Waals surface area contributed by atoms with E-state index in [1.165, 1.54) is 12.1 Å². The Hall–Kier alpha value is -2.96. The third-order valence-corrected chi connectivity index (χ3v) is 5.48. The van der Waals surface area contributed by atoms with E-state index < -0.39 is 11.7 Å². The van der Waals surface area contributed by atoms with Crippen LogP contribution in [0.15, 0.2) is 48.7 Å². The van der Waals surface area contributed by atoms with Crippen LogP contribution in [0.4, 0.5) is 18.9 Å². The number of aryl methyl sites for hydroxylation is 1. The maximum absolute atomic E-state index is 13.1. The van der Waals surface area contributed by atoms with Crippen molar-refractivity contribution in [1.82, 2.24) is 9.47 Å². The summed E-state index contributed by atoms with van der Waals surface area (Å²) in [5.41, 5.74) is 2.75. The molecule has 2 heterocycles. The number of hydrogen-bond acceptors (Lipinski definition) is 2. The molecule has 1 saturated heterocycles. The standard InChI is InChI=1S/C22H22F3N3O/c1-14-11-28(20-8-7-16(9-19(14)20)22(23,24)25)18-6-4-5-17(10-18)27-12-15(13-27)21(29)26(2)3/h4-11,15H,12-13H2,1-3H3. The summed E-state index contributed by atoms with van der Waals surface area (Å²) in [6, 6.07) is 11.7. The normalized spacial score (nSPS) is 14.9. The molecule has 0 unspecified atom stereocenters. The van der Waals surface area contributed by atoms with Gasteiger partial charge >= 0.3 is 6.18 Å². The Morgan fingerprint density at radius 2 is 1.76 bits per heavy atom. The molecule has 3 aromatic rings. The van der Waals surface area contributed by atoms with Crippen molar-refractivity contribution in [1.29, 1.82) is 0 Å².